The molecule has 1 saturated heterocycles. The first-order chi connectivity index (χ1) is 14.1. The lowest BCUT2D eigenvalue weighted by Crippen LogP contribution is -2.38. The summed E-state index contributed by atoms with van der Waals surface area (Å²) in [5.41, 5.74) is -0.815. The van der Waals surface area contributed by atoms with Gasteiger partial charge in [0, 0.05) is 26.2 Å². The Hall–Kier alpha value is -1.81. The SMILES string of the molecule is O=C(CN1CCCN(C(=O)c2cc(Cl)sc2Cl)CC1)Nc1ccccc1C(F)(F)F. The molecule has 0 unspecified atom stereocenters. The van der Waals surface area contributed by atoms with Gasteiger partial charge < -0.3 is 10.2 Å². The minimum absolute atomic E-state index is 0.0702. The van der Waals surface area contributed by atoms with E-state index in [-0.39, 0.29) is 18.1 Å². The normalized spacial score (nSPS) is 15.7. The zero-order valence-corrected chi connectivity index (χ0v) is 18.0. The molecule has 1 N–H and O–H groups in total. The average molecular weight is 480 g/mol. The second kappa shape index (κ2) is 9.55. The lowest BCUT2D eigenvalue weighted by atomic mass is 10.1. The van der Waals surface area contributed by atoms with Crippen LogP contribution in [0.25, 0.3) is 0 Å². The molecule has 0 radical (unpaired) electrons. The van der Waals surface area contributed by atoms with Crippen LogP contribution in [0.5, 0.6) is 0 Å². The number of amides is 2. The van der Waals surface area contributed by atoms with Gasteiger partial charge in [0.15, 0.2) is 0 Å². The van der Waals surface area contributed by atoms with Crippen molar-refractivity contribution in [2.24, 2.45) is 0 Å². The first kappa shape index (κ1) is 22.9. The van der Waals surface area contributed by atoms with Crippen LogP contribution < -0.4 is 5.32 Å². The highest BCUT2D eigenvalue weighted by atomic mass is 35.5. The van der Waals surface area contributed by atoms with Crippen molar-refractivity contribution in [1.29, 1.82) is 0 Å². The van der Waals surface area contributed by atoms with Gasteiger partial charge in [-0.3, -0.25) is 14.5 Å². The summed E-state index contributed by atoms with van der Waals surface area (Å²) < 4.78 is 40.0. The van der Waals surface area contributed by atoms with E-state index in [2.05, 4.69) is 5.32 Å². The number of anilines is 1. The Labute approximate surface area is 185 Å². The molecule has 1 aliphatic rings. The van der Waals surface area contributed by atoms with Gasteiger partial charge >= 0.3 is 6.18 Å². The lowest BCUT2D eigenvalue weighted by Gasteiger charge is -2.22. The fraction of sp³-hybridized carbons (Fsp3) is 0.368. The van der Waals surface area contributed by atoms with Crippen molar-refractivity contribution in [3.05, 3.63) is 50.1 Å². The van der Waals surface area contributed by atoms with Gasteiger partial charge in [-0.1, -0.05) is 35.3 Å². The molecular weight excluding hydrogens is 462 g/mol. The molecule has 1 fully saturated rings. The second-order valence-corrected chi connectivity index (χ2v) is 9.04. The molecule has 5 nitrogen and oxygen atoms in total. The Balaban J connectivity index is 1.58. The smallest absolute Gasteiger partial charge is 0.337 e. The van der Waals surface area contributed by atoms with E-state index >= 15 is 0 Å². The van der Waals surface area contributed by atoms with E-state index in [0.717, 1.165) is 17.4 Å². The third kappa shape index (κ3) is 5.66. The van der Waals surface area contributed by atoms with Crippen LogP contribution in [0.3, 0.4) is 0 Å². The molecule has 2 aromatic rings. The molecule has 3 rings (SSSR count). The predicted octanol–water partition coefficient (Wildman–Crippen LogP) is 4.86. The summed E-state index contributed by atoms with van der Waals surface area (Å²) in [6, 6.07) is 6.38. The number of thiophene rings is 1. The van der Waals surface area contributed by atoms with Crippen molar-refractivity contribution >= 4 is 52.0 Å². The zero-order chi connectivity index (χ0) is 21.9. The van der Waals surface area contributed by atoms with E-state index in [9.17, 15) is 22.8 Å². The Morgan fingerprint density at radius 3 is 2.50 bits per heavy atom. The van der Waals surface area contributed by atoms with E-state index in [0.29, 0.717) is 46.8 Å². The van der Waals surface area contributed by atoms with E-state index in [1.165, 1.54) is 24.3 Å². The van der Waals surface area contributed by atoms with Crippen molar-refractivity contribution in [1.82, 2.24) is 9.80 Å². The highest BCUT2D eigenvalue weighted by molar-refractivity contribution is 7.20. The van der Waals surface area contributed by atoms with Gasteiger partial charge in [-0.15, -0.1) is 11.3 Å². The maximum atomic E-state index is 13.1. The first-order valence-corrected chi connectivity index (χ1v) is 10.6. The highest BCUT2D eigenvalue weighted by Crippen LogP contribution is 2.34. The zero-order valence-electron chi connectivity index (χ0n) is 15.6. The van der Waals surface area contributed by atoms with Gasteiger partial charge in [-0.05, 0) is 24.6 Å². The molecule has 162 valence electrons. The fourth-order valence-corrected chi connectivity index (χ4v) is 4.67. The third-order valence-corrected chi connectivity index (χ3v) is 6.12. The molecular formula is C19H18Cl2F3N3O2S. The molecule has 0 spiro atoms. The topological polar surface area (TPSA) is 52.7 Å². The Bertz CT molecular complexity index is 936. The van der Waals surface area contributed by atoms with Crippen LogP contribution in [0.2, 0.25) is 8.67 Å². The number of hydrogen-bond acceptors (Lipinski definition) is 4. The van der Waals surface area contributed by atoms with Crippen molar-refractivity contribution in [3.8, 4) is 0 Å². The number of benzene rings is 1. The molecule has 1 aromatic carbocycles. The number of carbonyl (C=O) groups is 2. The van der Waals surface area contributed by atoms with Crippen LogP contribution in [0.1, 0.15) is 22.3 Å². The second-order valence-electron chi connectivity index (χ2n) is 6.75. The number of nitrogens with one attached hydrogen (secondary N) is 1. The molecule has 2 amide bonds. The molecule has 0 aliphatic carbocycles. The van der Waals surface area contributed by atoms with Gasteiger partial charge in [0.1, 0.15) is 4.34 Å². The third-order valence-electron chi connectivity index (χ3n) is 4.64. The summed E-state index contributed by atoms with van der Waals surface area (Å²) in [6.45, 7) is 1.73. The summed E-state index contributed by atoms with van der Waals surface area (Å²) in [6.07, 6.45) is -3.94. The molecule has 0 saturated carbocycles. The van der Waals surface area contributed by atoms with Crippen LogP contribution in [0.15, 0.2) is 30.3 Å². The monoisotopic (exact) mass is 479 g/mol. The molecule has 30 heavy (non-hydrogen) atoms. The summed E-state index contributed by atoms with van der Waals surface area (Å²) in [5.74, 6) is -0.771. The van der Waals surface area contributed by atoms with E-state index in [1.807, 2.05) is 0 Å². The van der Waals surface area contributed by atoms with Gasteiger partial charge in [0.25, 0.3) is 5.91 Å². The number of carbonyl (C=O) groups excluding carboxylic acids is 2. The minimum atomic E-state index is -4.56. The van der Waals surface area contributed by atoms with Crippen LogP contribution in [0, 0.1) is 0 Å². The number of halogens is 5. The number of rotatable bonds is 4. The van der Waals surface area contributed by atoms with Crippen molar-refractivity contribution in [2.45, 2.75) is 12.6 Å². The summed E-state index contributed by atoms with van der Waals surface area (Å²) in [4.78, 5) is 28.4. The highest BCUT2D eigenvalue weighted by Gasteiger charge is 2.33. The van der Waals surface area contributed by atoms with Gasteiger partial charge in [0.05, 0.1) is 27.7 Å². The molecule has 11 heteroatoms. The Morgan fingerprint density at radius 1 is 1.10 bits per heavy atom. The van der Waals surface area contributed by atoms with Crippen LogP contribution in [-0.2, 0) is 11.0 Å². The van der Waals surface area contributed by atoms with Crippen molar-refractivity contribution < 1.29 is 22.8 Å². The van der Waals surface area contributed by atoms with E-state index < -0.39 is 17.6 Å². The molecule has 1 aliphatic heterocycles. The summed E-state index contributed by atoms with van der Waals surface area (Å²) in [7, 11) is 0. The quantitative estimate of drug-likeness (QED) is 0.680. The van der Waals surface area contributed by atoms with Crippen LogP contribution in [-0.4, -0.2) is 54.3 Å². The summed E-state index contributed by atoms with van der Waals surface area (Å²) >= 11 is 13.1. The maximum Gasteiger partial charge on any atom is 0.418 e. The summed E-state index contributed by atoms with van der Waals surface area (Å²) in [5, 5.41) is 2.34. The fourth-order valence-electron chi connectivity index (χ4n) is 3.22. The molecule has 2 heterocycles. The number of nitrogens with zero attached hydrogens (tertiary/aromatic N) is 2. The average Bonchev–Trinajstić information content (AvgIpc) is 2.86. The van der Waals surface area contributed by atoms with E-state index in [1.54, 1.807) is 9.80 Å². The van der Waals surface area contributed by atoms with Crippen molar-refractivity contribution in [2.75, 3.05) is 38.0 Å². The van der Waals surface area contributed by atoms with Gasteiger partial charge in [0.2, 0.25) is 5.91 Å². The van der Waals surface area contributed by atoms with E-state index in [4.69, 9.17) is 23.2 Å². The predicted molar refractivity (Wildman–Crippen MR) is 111 cm³/mol. The standard InChI is InChI=1S/C19H18Cl2F3N3O2S/c20-15-10-12(17(21)30-15)18(29)27-7-3-6-26(8-9-27)11-16(28)25-14-5-2-1-4-13(14)19(22,23)24/h1-2,4-5,10H,3,6-9,11H2,(H,25,28). The molecule has 0 atom stereocenters. The lowest BCUT2D eigenvalue weighted by molar-refractivity contribution is -0.137. The number of hydrogen-bond donors (Lipinski definition) is 1. The van der Waals surface area contributed by atoms with Crippen LogP contribution in [0.4, 0.5) is 18.9 Å². The number of para-hydroxylation sites is 1. The minimum Gasteiger partial charge on any atom is -0.337 e. The van der Waals surface area contributed by atoms with Gasteiger partial charge in [-0.2, -0.15) is 13.2 Å². The number of alkyl halides is 3. The molecule has 1 aromatic heterocycles. The maximum absolute atomic E-state index is 13.1. The van der Waals surface area contributed by atoms with Crippen LogP contribution >= 0.6 is 34.5 Å². The Morgan fingerprint density at radius 2 is 1.83 bits per heavy atom. The Kier molecular flexibility index (Phi) is 7.28. The van der Waals surface area contributed by atoms with Crippen molar-refractivity contribution in [3.63, 3.8) is 0 Å². The molecule has 0 bridgehead atoms. The first-order valence-electron chi connectivity index (χ1n) is 9.07. The largest absolute Gasteiger partial charge is 0.418 e. The van der Waals surface area contributed by atoms with Gasteiger partial charge in [-0.25, -0.2) is 0 Å².